The first-order chi connectivity index (χ1) is 9.05. The van der Waals surface area contributed by atoms with Crippen molar-refractivity contribution >= 4 is 11.8 Å². The molecule has 1 fully saturated rings. The van der Waals surface area contributed by atoms with Crippen LogP contribution in [0.5, 0.6) is 0 Å². The molecular formula is C15H23NO2S. The largest absolute Gasteiger partial charge is 0.386 e. The number of thioether (sulfide) groups is 1. The van der Waals surface area contributed by atoms with E-state index in [4.69, 9.17) is 4.74 Å². The van der Waals surface area contributed by atoms with Crippen molar-refractivity contribution in [3.05, 3.63) is 29.8 Å². The third kappa shape index (κ3) is 3.51. The molecule has 0 spiro atoms. The Morgan fingerprint density at radius 1 is 1.47 bits per heavy atom. The molecule has 3 atom stereocenters. The zero-order valence-corrected chi connectivity index (χ0v) is 12.7. The number of benzene rings is 1. The quantitative estimate of drug-likeness (QED) is 0.814. The first-order valence-electron chi connectivity index (χ1n) is 6.76. The molecule has 0 amide bonds. The summed E-state index contributed by atoms with van der Waals surface area (Å²) in [7, 11) is 0. The molecule has 0 radical (unpaired) electrons. The van der Waals surface area contributed by atoms with Gasteiger partial charge >= 0.3 is 0 Å². The van der Waals surface area contributed by atoms with Crippen LogP contribution in [0.25, 0.3) is 0 Å². The fourth-order valence-corrected chi connectivity index (χ4v) is 2.75. The van der Waals surface area contributed by atoms with Gasteiger partial charge in [0.05, 0.1) is 6.10 Å². The van der Waals surface area contributed by atoms with Crippen molar-refractivity contribution in [2.24, 2.45) is 0 Å². The average molecular weight is 281 g/mol. The van der Waals surface area contributed by atoms with Crippen molar-refractivity contribution in [2.75, 3.05) is 19.4 Å². The van der Waals surface area contributed by atoms with Crippen LogP contribution in [0, 0.1) is 0 Å². The van der Waals surface area contributed by atoms with Gasteiger partial charge in [0.25, 0.3) is 0 Å². The molecule has 1 heterocycles. The van der Waals surface area contributed by atoms with Gasteiger partial charge in [0.2, 0.25) is 0 Å². The first kappa shape index (κ1) is 14.9. The van der Waals surface area contributed by atoms with E-state index in [2.05, 4.69) is 42.8 Å². The van der Waals surface area contributed by atoms with Gasteiger partial charge < -0.3 is 15.2 Å². The molecule has 0 aliphatic carbocycles. The van der Waals surface area contributed by atoms with Crippen molar-refractivity contribution in [1.82, 2.24) is 5.32 Å². The lowest BCUT2D eigenvalue weighted by atomic mass is 9.96. The van der Waals surface area contributed by atoms with Gasteiger partial charge in [0.15, 0.2) is 0 Å². The molecule has 4 heteroatoms. The van der Waals surface area contributed by atoms with Gasteiger partial charge in [0.1, 0.15) is 5.60 Å². The molecule has 2 N–H and O–H groups in total. The Labute approximate surface area is 119 Å². The molecule has 3 unspecified atom stereocenters. The van der Waals surface area contributed by atoms with E-state index in [-0.39, 0.29) is 12.1 Å². The molecule has 1 aromatic rings. The molecule has 1 aliphatic heterocycles. The maximum Gasteiger partial charge on any atom is 0.105 e. The summed E-state index contributed by atoms with van der Waals surface area (Å²) < 4.78 is 5.44. The normalized spacial score (nSPS) is 28.5. The van der Waals surface area contributed by atoms with E-state index in [9.17, 15) is 5.11 Å². The van der Waals surface area contributed by atoms with E-state index >= 15 is 0 Å². The van der Waals surface area contributed by atoms with E-state index < -0.39 is 5.60 Å². The monoisotopic (exact) mass is 281 g/mol. The molecule has 2 rings (SSSR count). The number of nitrogens with one attached hydrogen (secondary N) is 1. The summed E-state index contributed by atoms with van der Waals surface area (Å²) in [5.41, 5.74) is 0.515. The molecule has 3 nitrogen and oxygen atoms in total. The van der Waals surface area contributed by atoms with Crippen LogP contribution in [-0.4, -0.2) is 36.2 Å². The Morgan fingerprint density at radius 2 is 2.16 bits per heavy atom. The number of hydrogen-bond donors (Lipinski definition) is 2. The van der Waals surface area contributed by atoms with Gasteiger partial charge in [-0.3, -0.25) is 0 Å². The summed E-state index contributed by atoms with van der Waals surface area (Å²) in [6, 6.07) is 8.78. The molecule has 0 aromatic heterocycles. The summed E-state index contributed by atoms with van der Waals surface area (Å²) >= 11 is 1.75. The average Bonchev–Trinajstić information content (AvgIpc) is 2.77. The Kier molecular flexibility index (Phi) is 4.90. The van der Waals surface area contributed by atoms with Gasteiger partial charge in [0, 0.05) is 30.5 Å². The third-order valence-electron chi connectivity index (χ3n) is 3.99. The first-order valence-corrected chi connectivity index (χ1v) is 7.99. The van der Waals surface area contributed by atoms with Crippen LogP contribution in [0.2, 0.25) is 0 Å². The van der Waals surface area contributed by atoms with Crippen LogP contribution < -0.4 is 5.32 Å². The second-order valence-corrected chi connectivity index (χ2v) is 6.12. The fraction of sp³-hybridized carbons (Fsp3) is 0.600. The summed E-state index contributed by atoms with van der Waals surface area (Å²) in [6.45, 7) is 5.28. The molecule has 0 saturated carbocycles. The summed E-state index contributed by atoms with van der Waals surface area (Å²) in [4.78, 5) is 1.27. The summed E-state index contributed by atoms with van der Waals surface area (Å²) in [5.74, 6) is 0. The van der Waals surface area contributed by atoms with Crippen molar-refractivity contribution in [3.8, 4) is 0 Å². The van der Waals surface area contributed by atoms with Crippen LogP contribution in [0.3, 0.4) is 0 Å². The molecule has 0 bridgehead atoms. The standard InChI is InChI=1S/C15H23NO2S/c1-11(13-4-6-14(19-3)7-5-13)16-10-15(17)8-9-18-12(15)2/h4-7,11-12,16-17H,8-10H2,1-3H3. The third-order valence-corrected chi connectivity index (χ3v) is 4.73. The predicted molar refractivity (Wildman–Crippen MR) is 79.6 cm³/mol. The zero-order valence-electron chi connectivity index (χ0n) is 11.8. The van der Waals surface area contributed by atoms with Gasteiger partial charge in [-0.05, 0) is 37.8 Å². The number of rotatable bonds is 5. The Bertz CT molecular complexity index is 409. The highest BCUT2D eigenvalue weighted by Gasteiger charge is 2.39. The van der Waals surface area contributed by atoms with Gasteiger partial charge in [-0.15, -0.1) is 11.8 Å². The Hall–Kier alpha value is -0.550. The molecule has 1 aliphatic rings. The Morgan fingerprint density at radius 3 is 2.68 bits per heavy atom. The van der Waals surface area contributed by atoms with E-state index in [1.54, 1.807) is 11.8 Å². The lowest BCUT2D eigenvalue weighted by Gasteiger charge is -2.28. The van der Waals surface area contributed by atoms with E-state index in [0.717, 1.165) is 0 Å². The second kappa shape index (κ2) is 6.27. The fourth-order valence-electron chi connectivity index (χ4n) is 2.34. The molecule has 1 saturated heterocycles. The summed E-state index contributed by atoms with van der Waals surface area (Å²) in [5, 5.41) is 13.9. The summed E-state index contributed by atoms with van der Waals surface area (Å²) in [6.07, 6.45) is 2.69. The molecular weight excluding hydrogens is 258 g/mol. The van der Waals surface area contributed by atoms with Crippen LogP contribution in [0.15, 0.2) is 29.2 Å². The SMILES string of the molecule is CSc1ccc(C(C)NCC2(O)CCOC2C)cc1. The zero-order chi connectivity index (χ0) is 13.9. The highest BCUT2D eigenvalue weighted by Crippen LogP contribution is 2.26. The van der Waals surface area contributed by atoms with Crippen molar-refractivity contribution < 1.29 is 9.84 Å². The molecule has 1 aromatic carbocycles. The van der Waals surface area contributed by atoms with Gasteiger partial charge in [-0.1, -0.05) is 12.1 Å². The van der Waals surface area contributed by atoms with Crippen molar-refractivity contribution in [3.63, 3.8) is 0 Å². The minimum absolute atomic E-state index is 0.0916. The molecule has 106 valence electrons. The predicted octanol–water partition coefficient (Wildman–Crippen LogP) is 2.60. The van der Waals surface area contributed by atoms with Gasteiger partial charge in [-0.25, -0.2) is 0 Å². The number of ether oxygens (including phenoxy) is 1. The van der Waals surface area contributed by atoms with Crippen LogP contribution >= 0.6 is 11.8 Å². The lowest BCUT2D eigenvalue weighted by Crippen LogP contribution is -2.46. The van der Waals surface area contributed by atoms with E-state index in [0.29, 0.717) is 19.6 Å². The van der Waals surface area contributed by atoms with Crippen molar-refractivity contribution in [1.29, 1.82) is 0 Å². The Balaban J connectivity index is 1.91. The van der Waals surface area contributed by atoms with Crippen LogP contribution in [-0.2, 0) is 4.74 Å². The van der Waals surface area contributed by atoms with E-state index in [1.807, 2.05) is 6.92 Å². The number of hydrogen-bond acceptors (Lipinski definition) is 4. The van der Waals surface area contributed by atoms with Crippen molar-refractivity contribution in [2.45, 2.75) is 42.9 Å². The maximum atomic E-state index is 10.4. The highest BCUT2D eigenvalue weighted by molar-refractivity contribution is 7.98. The second-order valence-electron chi connectivity index (χ2n) is 5.24. The number of aliphatic hydroxyl groups is 1. The smallest absolute Gasteiger partial charge is 0.105 e. The maximum absolute atomic E-state index is 10.4. The molecule has 19 heavy (non-hydrogen) atoms. The minimum atomic E-state index is -0.729. The highest BCUT2D eigenvalue weighted by atomic mass is 32.2. The van der Waals surface area contributed by atoms with Crippen LogP contribution in [0.4, 0.5) is 0 Å². The lowest BCUT2D eigenvalue weighted by molar-refractivity contribution is -0.0274. The topological polar surface area (TPSA) is 41.5 Å². The minimum Gasteiger partial charge on any atom is -0.386 e. The van der Waals surface area contributed by atoms with Gasteiger partial charge in [-0.2, -0.15) is 0 Å². The van der Waals surface area contributed by atoms with Crippen LogP contribution in [0.1, 0.15) is 31.9 Å². The van der Waals surface area contributed by atoms with E-state index in [1.165, 1.54) is 10.5 Å².